The Kier molecular flexibility index (Phi) is 6.60. The van der Waals surface area contributed by atoms with E-state index in [-0.39, 0.29) is 28.2 Å². The molecule has 0 aliphatic heterocycles. The van der Waals surface area contributed by atoms with Gasteiger partial charge in [-0.25, -0.2) is 0 Å². The number of rotatable bonds is 6. The monoisotopic (exact) mass is 424 g/mol. The second-order valence-electron chi connectivity index (χ2n) is 7.32. The number of phenols is 2. The van der Waals surface area contributed by atoms with E-state index in [0.29, 0.717) is 0 Å². The number of hydrogen-bond donors (Lipinski definition) is 2. The maximum absolute atomic E-state index is 14.9. The SMILES string of the molecule is CC#CCCCc1ccc(C(c2ccc(O)cc2)(c2ccc(O)cc2)C(F)(F)F)cc1. The van der Waals surface area contributed by atoms with Crippen molar-refractivity contribution in [3.8, 4) is 23.3 Å². The van der Waals surface area contributed by atoms with Crippen molar-refractivity contribution >= 4 is 0 Å². The Hall–Kier alpha value is -3.39. The van der Waals surface area contributed by atoms with Gasteiger partial charge in [-0.05, 0) is 66.3 Å². The minimum absolute atomic E-state index is 0.0190. The van der Waals surface area contributed by atoms with Crippen LogP contribution in [0.15, 0.2) is 72.8 Å². The topological polar surface area (TPSA) is 40.5 Å². The number of alkyl halides is 3. The smallest absolute Gasteiger partial charge is 0.406 e. The molecule has 0 saturated heterocycles. The molecule has 0 fully saturated rings. The summed E-state index contributed by atoms with van der Waals surface area (Å²) in [5, 5.41) is 19.3. The Morgan fingerprint density at radius 3 is 1.52 bits per heavy atom. The fraction of sp³-hybridized carbons (Fsp3) is 0.231. The maximum Gasteiger partial charge on any atom is 0.406 e. The molecule has 5 heteroatoms. The Bertz CT molecular complexity index is 1010. The molecule has 3 aromatic rings. The second-order valence-corrected chi connectivity index (χ2v) is 7.32. The van der Waals surface area contributed by atoms with Crippen LogP contribution in [0.5, 0.6) is 11.5 Å². The molecule has 0 aliphatic carbocycles. The molecule has 3 aromatic carbocycles. The van der Waals surface area contributed by atoms with Crippen molar-refractivity contribution in [2.24, 2.45) is 0 Å². The molecule has 31 heavy (non-hydrogen) atoms. The predicted molar refractivity (Wildman–Crippen MR) is 115 cm³/mol. The van der Waals surface area contributed by atoms with Gasteiger partial charge >= 0.3 is 6.18 Å². The lowest BCUT2D eigenvalue weighted by molar-refractivity contribution is -0.166. The zero-order valence-electron chi connectivity index (χ0n) is 17.1. The number of halogens is 3. The summed E-state index contributed by atoms with van der Waals surface area (Å²) in [7, 11) is 0. The highest BCUT2D eigenvalue weighted by Crippen LogP contribution is 2.51. The molecular weight excluding hydrogens is 401 g/mol. The predicted octanol–water partition coefficient (Wildman–Crippen LogP) is 6.34. The highest BCUT2D eigenvalue weighted by atomic mass is 19.4. The van der Waals surface area contributed by atoms with E-state index >= 15 is 0 Å². The van der Waals surface area contributed by atoms with E-state index in [1.165, 1.54) is 60.7 Å². The van der Waals surface area contributed by atoms with Gasteiger partial charge in [0.15, 0.2) is 0 Å². The molecule has 0 aliphatic rings. The fourth-order valence-electron chi connectivity index (χ4n) is 3.84. The van der Waals surface area contributed by atoms with E-state index < -0.39 is 11.6 Å². The average Bonchev–Trinajstić information content (AvgIpc) is 2.74. The summed E-state index contributed by atoms with van der Waals surface area (Å²) in [6, 6.07) is 16.6. The van der Waals surface area contributed by atoms with E-state index in [4.69, 9.17) is 0 Å². The molecule has 3 rings (SSSR count). The normalized spacial score (nSPS) is 11.6. The summed E-state index contributed by atoms with van der Waals surface area (Å²) >= 11 is 0. The molecule has 2 nitrogen and oxygen atoms in total. The summed E-state index contributed by atoms with van der Waals surface area (Å²) < 4.78 is 44.6. The third-order valence-electron chi connectivity index (χ3n) is 5.36. The molecule has 0 unspecified atom stereocenters. The van der Waals surface area contributed by atoms with E-state index in [9.17, 15) is 23.4 Å². The van der Waals surface area contributed by atoms with Gasteiger partial charge in [0.25, 0.3) is 0 Å². The standard InChI is InChI=1S/C26H23F3O2/c1-2-3-4-5-6-19-7-9-20(10-8-19)25(26(27,28)29,21-11-15-23(30)16-12-21)22-13-17-24(31)18-14-22/h7-18,30-31H,4-6H2,1H3. The second kappa shape index (κ2) is 9.18. The van der Waals surface area contributed by atoms with E-state index in [0.717, 1.165) is 24.8 Å². The van der Waals surface area contributed by atoms with Gasteiger partial charge in [-0.3, -0.25) is 0 Å². The Morgan fingerprint density at radius 2 is 1.13 bits per heavy atom. The van der Waals surface area contributed by atoms with Crippen LogP contribution in [-0.4, -0.2) is 16.4 Å². The molecular formula is C26H23F3O2. The highest BCUT2D eigenvalue weighted by Gasteiger charge is 2.58. The van der Waals surface area contributed by atoms with Crippen molar-refractivity contribution in [2.45, 2.75) is 37.8 Å². The van der Waals surface area contributed by atoms with Gasteiger partial charge in [0.2, 0.25) is 0 Å². The minimum atomic E-state index is -4.68. The van der Waals surface area contributed by atoms with Crippen LogP contribution in [0.3, 0.4) is 0 Å². The van der Waals surface area contributed by atoms with Crippen molar-refractivity contribution in [1.82, 2.24) is 0 Å². The third kappa shape index (κ3) is 4.54. The van der Waals surface area contributed by atoms with Crippen molar-refractivity contribution in [3.63, 3.8) is 0 Å². The average molecular weight is 424 g/mol. The molecule has 0 atom stereocenters. The molecule has 0 aromatic heterocycles. The van der Waals surface area contributed by atoms with Crippen LogP contribution in [0, 0.1) is 11.8 Å². The number of aryl methyl sites for hydroxylation is 1. The van der Waals surface area contributed by atoms with Gasteiger partial charge in [0.1, 0.15) is 16.9 Å². The summed E-state index contributed by atoms with van der Waals surface area (Å²) in [5.74, 6) is 5.59. The van der Waals surface area contributed by atoms with Crippen LogP contribution in [0.25, 0.3) is 0 Å². The lowest BCUT2D eigenvalue weighted by Crippen LogP contribution is -2.44. The molecule has 0 radical (unpaired) electrons. The van der Waals surface area contributed by atoms with Crippen LogP contribution in [0.2, 0.25) is 0 Å². The van der Waals surface area contributed by atoms with Gasteiger partial charge in [0, 0.05) is 6.42 Å². The van der Waals surface area contributed by atoms with Gasteiger partial charge in [-0.15, -0.1) is 11.8 Å². The van der Waals surface area contributed by atoms with Gasteiger partial charge in [-0.2, -0.15) is 13.2 Å². The third-order valence-corrected chi connectivity index (χ3v) is 5.36. The highest BCUT2D eigenvalue weighted by molar-refractivity contribution is 5.54. The van der Waals surface area contributed by atoms with Crippen molar-refractivity contribution in [1.29, 1.82) is 0 Å². The Labute approximate surface area is 180 Å². The quantitative estimate of drug-likeness (QED) is 0.275. The van der Waals surface area contributed by atoms with Crippen LogP contribution < -0.4 is 0 Å². The molecule has 0 spiro atoms. The molecule has 0 bridgehead atoms. The first-order valence-corrected chi connectivity index (χ1v) is 9.94. The van der Waals surface area contributed by atoms with E-state index in [1.807, 2.05) is 0 Å². The fourth-order valence-corrected chi connectivity index (χ4v) is 3.84. The first-order chi connectivity index (χ1) is 14.8. The van der Waals surface area contributed by atoms with Crippen molar-refractivity contribution in [3.05, 3.63) is 95.1 Å². The van der Waals surface area contributed by atoms with Gasteiger partial charge in [0.05, 0.1) is 0 Å². The number of hydrogen-bond acceptors (Lipinski definition) is 2. The minimum Gasteiger partial charge on any atom is -0.508 e. The zero-order chi connectivity index (χ0) is 22.5. The summed E-state index contributed by atoms with van der Waals surface area (Å²) in [6.07, 6.45) is -2.38. The molecule has 2 N–H and O–H groups in total. The zero-order valence-corrected chi connectivity index (χ0v) is 17.1. The molecule has 0 amide bonds. The first-order valence-electron chi connectivity index (χ1n) is 9.94. The Morgan fingerprint density at radius 1 is 0.710 bits per heavy atom. The van der Waals surface area contributed by atoms with Crippen molar-refractivity contribution in [2.75, 3.05) is 0 Å². The van der Waals surface area contributed by atoms with Gasteiger partial charge in [-0.1, -0.05) is 48.5 Å². The lowest BCUT2D eigenvalue weighted by Gasteiger charge is -2.37. The molecule has 160 valence electrons. The number of phenolic OH excluding ortho intramolecular Hbond substituents is 2. The van der Waals surface area contributed by atoms with E-state index in [1.54, 1.807) is 19.1 Å². The lowest BCUT2D eigenvalue weighted by atomic mass is 9.68. The van der Waals surface area contributed by atoms with E-state index in [2.05, 4.69) is 11.8 Å². The molecule has 0 heterocycles. The number of benzene rings is 3. The maximum atomic E-state index is 14.9. The summed E-state index contributed by atoms with van der Waals surface area (Å²) in [4.78, 5) is 0. The number of aromatic hydroxyl groups is 2. The summed E-state index contributed by atoms with van der Waals surface area (Å²) in [5.41, 5.74) is -1.49. The van der Waals surface area contributed by atoms with Crippen LogP contribution >= 0.6 is 0 Å². The van der Waals surface area contributed by atoms with Crippen LogP contribution in [0.4, 0.5) is 13.2 Å². The molecule has 0 saturated carbocycles. The number of unbranched alkanes of at least 4 members (excludes halogenated alkanes) is 1. The summed E-state index contributed by atoms with van der Waals surface area (Å²) in [6.45, 7) is 1.78. The largest absolute Gasteiger partial charge is 0.508 e. The Balaban J connectivity index is 2.16. The van der Waals surface area contributed by atoms with Crippen LogP contribution in [0.1, 0.15) is 42.0 Å². The van der Waals surface area contributed by atoms with Gasteiger partial charge < -0.3 is 10.2 Å². The first kappa shape index (κ1) is 22.3. The van der Waals surface area contributed by atoms with Crippen LogP contribution in [-0.2, 0) is 11.8 Å². The van der Waals surface area contributed by atoms with Crippen molar-refractivity contribution < 1.29 is 23.4 Å².